The highest BCUT2D eigenvalue weighted by atomic mass is 32.1. The van der Waals surface area contributed by atoms with Gasteiger partial charge in [-0.15, -0.1) is 0 Å². The van der Waals surface area contributed by atoms with Crippen LogP contribution in [0.3, 0.4) is 0 Å². The van der Waals surface area contributed by atoms with Crippen LogP contribution in [0.5, 0.6) is 0 Å². The third-order valence-corrected chi connectivity index (χ3v) is 2.56. The fraction of sp³-hybridized carbons (Fsp3) is 0.182. The summed E-state index contributed by atoms with van der Waals surface area (Å²) < 4.78 is 2.70. The first-order chi connectivity index (χ1) is 6.75. The predicted octanol–water partition coefficient (Wildman–Crippen LogP) is 2.67. The van der Waals surface area contributed by atoms with Gasteiger partial charge >= 0.3 is 0 Å². The van der Waals surface area contributed by atoms with E-state index in [2.05, 4.69) is 17.1 Å². The largest absolute Gasteiger partial charge is 0.334 e. The number of aromatic nitrogens is 2. The molecule has 0 spiro atoms. The molecule has 0 radical (unpaired) electrons. The number of rotatable bonds is 2. The first-order valence-electron chi connectivity index (χ1n) is 4.54. The zero-order chi connectivity index (χ0) is 9.97. The van der Waals surface area contributed by atoms with Crippen LogP contribution in [-0.2, 0) is 13.5 Å². The second-order valence-electron chi connectivity index (χ2n) is 3.36. The van der Waals surface area contributed by atoms with Crippen LogP contribution in [0.25, 0.3) is 0 Å². The van der Waals surface area contributed by atoms with Gasteiger partial charge < -0.3 is 9.55 Å². The lowest BCUT2D eigenvalue weighted by atomic mass is 10.1. The Morgan fingerprint density at radius 3 is 2.57 bits per heavy atom. The van der Waals surface area contributed by atoms with Crippen LogP contribution in [0, 0.1) is 4.77 Å². The maximum absolute atomic E-state index is 5.10. The molecule has 1 aromatic heterocycles. The molecule has 1 heterocycles. The average molecular weight is 204 g/mol. The molecular weight excluding hydrogens is 192 g/mol. The van der Waals surface area contributed by atoms with Crippen LogP contribution in [0.4, 0.5) is 0 Å². The lowest BCUT2D eigenvalue weighted by molar-refractivity contribution is 0.894. The molecule has 72 valence electrons. The van der Waals surface area contributed by atoms with Gasteiger partial charge in [-0.2, -0.15) is 0 Å². The Morgan fingerprint density at radius 2 is 2.00 bits per heavy atom. The zero-order valence-corrected chi connectivity index (χ0v) is 8.84. The molecule has 1 N–H and O–H groups in total. The summed E-state index contributed by atoms with van der Waals surface area (Å²) in [7, 11) is 1.95. The van der Waals surface area contributed by atoms with Crippen LogP contribution >= 0.6 is 12.2 Å². The number of aryl methyl sites for hydroxylation is 1. The van der Waals surface area contributed by atoms with Crippen molar-refractivity contribution >= 4 is 12.2 Å². The highest BCUT2D eigenvalue weighted by Gasteiger charge is 1.98. The van der Waals surface area contributed by atoms with Gasteiger partial charge in [0, 0.05) is 25.4 Å². The van der Waals surface area contributed by atoms with E-state index in [1.807, 2.05) is 36.0 Å². The van der Waals surface area contributed by atoms with Crippen LogP contribution in [0.2, 0.25) is 0 Å². The molecule has 0 bridgehead atoms. The topological polar surface area (TPSA) is 20.7 Å². The van der Waals surface area contributed by atoms with Crippen LogP contribution < -0.4 is 0 Å². The van der Waals surface area contributed by atoms with E-state index in [1.54, 1.807) is 0 Å². The molecule has 0 amide bonds. The molecule has 0 saturated carbocycles. The highest BCUT2D eigenvalue weighted by molar-refractivity contribution is 7.71. The van der Waals surface area contributed by atoms with E-state index in [9.17, 15) is 0 Å². The molecule has 0 atom stereocenters. The van der Waals surface area contributed by atoms with Gasteiger partial charge in [0.1, 0.15) is 0 Å². The minimum absolute atomic E-state index is 0.774. The Hall–Kier alpha value is -1.35. The van der Waals surface area contributed by atoms with Crippen molar-refractivity contribution in [2.75, 3.05) is 0 Å². The summed E-state index contributed by atoms with van der Waals surface area (Å²) in [5, 5.41) is 0. The van der Waals surface area contributed by atoms with Crippen LogP contribution in [0.15, 0.2) is 36.5 Å². The molecule has 2 rings (SSSR count). The quantitative estimate of drug-likeness (QED) is 0.746. The van der Waals surface area contributed by atoms with E-state index >= 15 is 0 Å². The molecule has 3 heteroatoms. The summed E-state index contributed by atoms with van der Waals surface area (Å²) in [6.07, 6.45) is 2.95. The monoisotopic (exact) mass is 204 g/mol. The minimum Gasteiger partial charge on any atom is -0.334 e. The van der Waals surface area contributed by atoms with Crippen LogP contribution in [-0.4, -0.2) is 9.55 Å². The summed E-state index contributed by atoms with van der Waals surface area (Å²) in [5.41, 5.74) is 2.45. The Labute approximate surface area is 88.2 Å². The van der Waals surface area contributed by atoms with Gasteiger partial charge in [0.2, 0.25) is 0 Å². The van der Waals surface area contributed by atoms with E-state index in [0.717, 1.165) is 16.9 Å². The molecular formula is C11H12N2S. The van der Waals surface area contributed by atoms with Gasteiger partial charge in [-0.3, -0.25) is 0 Å². The molecule has 0 aliphatic heterocycles. The zero-order valence-electron chi connectivity index (χ0n) is 8.03. The van der Waals surface area contributed by atoms with E-state index in [4.69, 9.17) is 12.2 Å². The number of imidazole rings is 1. The molecule has 1 aromatic carbocycles. The molecule has 0 fully saturated rings. The molecule has 2 nitrogen and oxygen atoms in total. The van der Waals surface area contributed by atoms with Crippen molar-refractivity contribution in [1.29, 1.82) is 0 Å². The summed E-state index contributed by atoms with van der Waals surface area (Å²) in [5.74, 6) is 0. The Bertz CT molecular complexity index is 468. The second kappa shape index (κ2) is 3.80. The van der Waals surface area contributed by atoms with Gasteiger partial charge in [0.05, 0.1) is 0 Å². The van der Waals surface area contributed by atoms with Crippen molar-refractivity contribution in [3.63, 3.8) is 0 Å². The summed E-state index contributed by atoms with van der Waals surface area (Å²) in [4.78, 5) is 3.17. The van der Waals surface area contributed by atoms with Gasteiger partial charge in [-0.05, 0) is 17.8 Å². The summed E-state index contributed by atoms with van der Waals surface area (Å²) in [6, 6.07) is 10.4. The smallest absolute Gasteiger partial charge is 0.177 e. The third-order valence-electron chi connectivity index (χ3n) is 2.17. The van der Waals surface area contributed by atoms with Crippen molar-refractivity contribution in [1.82, 2.24) is 9.55 Å². The van der Waals surface area contributed by atoms with Crippen molar-refractivity contribution in [3.05, 3.63) is 52.6 Å². The number of H-pyrrole nitrogens is 1. The van der Waals surface area contributed by atoms with Gasteiger partial charge in [0.25, 0.3) is 0 Å². The normalized spacial score (nSPS) is 10.4. The fourth-order valence-corrected chi connectivity index (χ4v) is 1.64. The maximum Gasteiger partial charge on any atom is 0.177 e. The number of nitrogens with one attached hydrogen (secondary N) is 1. The Balaban J connectivity index is 2.23. The van der Waals surface area contributed by atoms with E-state index in [1.165, 1.54) is 5.56 Å². The summed E-state index contributed by atoms with van der Waals surface area (Å²) in [6.45, 7) is 0. The van der Waals surface area contributed by atoms with Crippen molar-refractivity contribution < 1.29 is 0 Å². The Kier molecular flexibility index (Phi) is 2.50. The first kappa shape index (κ1) is 9.21. The number of hydrogen-bond acceptors (Lipinski definition) is 1. The number of nitrogens with zero attached hydrogens (tertiary/aromatic N) is 1. The van der Waals surface area contributed by atoms with Gasteiger partial charge in [0.15, 0.2) is 4.77 Å². The lowest BCUT2D eigenvalue weighted by Crippen LogP contribution is -1.87. The highest BCUT2D eigenvalue weighted by Crippen LogP contribution is 2.06. The molecule has 0 unspecified atom stereocenters. The fourth-order valence-electron chi connectivity index (χ4n) is 1.46. The summed E-state index contributed by atoms with van der Waals surface area (Å²) >= 11 is 5.10. The first-order valence-corrected chi connectivity index (χ1v) is 4.95. The van der Waals surface area contributed by atoms with E-state index in [0.29, 0.717) is 0 Å². The van der Waals surface area contributed by atoms with Gasteiger partial charge in [-0.1, -0.05) is 30.3 Å². The van der Waals surface area contributed by atoms with E-state index < -0.39 is 0 Å². The standard InChI is InChI=1S/C11H12N2S/c1-13-8-10(12-11(13)14)7-9-5-3-2-4-6-9/h2-6,8H,7H2,1H3,(H,12,14). The number of hydrogen-bond donors (Lipinski definition) is 1. The van der Waals surface area contributed by atoms with Crippen molar-refractivity contribution in [2.45, 2.75) is 6.42 Å². The predicted molar refractivity (Wildman–Crippen MR) is 59.8 cm³/mol. The second-order valence-corrected chi connectivity index (χ2v) is 3.74. The van der Waals surface area contributed by atoms with Gasteiger partial charge in [-0.25, -0.2) is 0 Å². The number of benzene rings is 1. The van der Waals surface area contributed by atoms with E-state index in [-0.39, 0.29) is 0 Å². The molecule has 0 saturated heterocycles. The Morgan fingerprint density at radius 1 is 1.29 bits per heavy atom. The molecule has 0 aliphatic carbocycles. The SMILES string of the molecule is Cn1cc(Cc2ccccc2)[nH]c1=S. The molecule has 2 aromatic rings. The third kappa shape index (κ3) is 1.93. The van der Waals surface area contributed by atoms with Crippen LogP contribution in [0.1, 0.15) is 11.3 Å². The molecule has 14 heavy (non-hydrogen) atoms. The lowest BCUT2D eigenvalue weighted by Gasteiger charge is -1.96. The number of aromatic amines is 1. The van der Waals surface area contributed by atoms with Crippen molar-refractivity contribution in [2.24, 2.45) is 7.05 Å². The van der Waals surface area contributed by atoms with Crippen molar-refractivity contribution in [3.8, 4) is 0 Å². The minimum atomic E-state index is 0.774. The molecule has 0 aliphatic rings. The average Bonchev–Trinajstić information content (AvgIpc) is 2.47. The maximum atomic E-state index is 5.10.